The van der Waals surface area contributed by atoms with Gasteiger partial charge in [0.15, 0.2) is 0 Å². The summed E-state index contributed by atoms with van der Waals surface area (Å²) < 4.78 is 0. The van der Waals surface area contributed by atoms with Gasteiger partial charge < -0.3 is 15.1 Å². The molecular formula is C16H31N5. The summed E-state index contributed by atoms with van der Waals surface area (Å²) in [6.07, 6.45) is 4.92. The minimum Gasteiger partial charge on any atom is -0.356 e. The maximum absolute atomic E-state index is 4.56. The van der Waals surface area contributed by atoms with Crippen molar-refractivity contribution in [3.05, 3.63) is 18.1 Å². The van der Waals surface area contributed by atoms with Crippen LogP contribution in [0, 0.1) is 5.92 Å². The number of anilines is 1. The zero-order valence-electron chi connectivity index (χ0n) is 14.3. The highest BCUT2D eigenvalue weighted by molar-refractivity contribution is 5.35. The zero-order valence-corrected chi connectivity index (χ0v) is 14.3. The lowest BCUT2D eigenvalue weighted by atomic mass is 10.2. The van der Waals surface area contributed by atoms with Crippen LogP contribution in [0.3, 0.4) is 0 Å². The van der Waals surface area contributed by atoms with Gasteiger partial charge in [-0.3, -0.25) is 4.98 Å². The standard InChI is InChI=1S/C16H31N5/c1-6-21(9-7-8-20(4)5)16-13-18-15(12-19-16)11-17-10-14(2)3/h12-14,17H,6-11H2,1-5H3. The van der Waals surface area contributed by atoms with Gasteiger partial charge in [0, 0.05) is 19.6 Å². The lowest BCUT2D eigenvalue weighted by Gasteiger charge is -2.22. The number of hydrogen-bond donors (Lipinski definition) is 1. The van der Waals surface area contributed by atoms with E-state index in [1.54, 1.807) is 0 Å². The van der Waals surface area contributed by atoms with Crippen molar-refractivity contribution in [3.63, 3.8) is 0 Å². The molecule has 0 unspecified atom stereocenters. The van der Waals surface area contributed by atoms with Crippen molar-refractivity contribution in [2.45, 2.75) is 33.7 Å². The summed E-state index contributed by atoms with van der Waals surface area (Å²) in [6, 6.07) is 0. The highest BCUT2D eigenvalue weighted by Gasteiger charge is 2.06. The van der Waals surface area contributed by atoms with Crippen molar-refractivity contribution in [1.29, 1.82) is 0 Å². The number of aromatic nitrogens is 2. The fraction of sp³-hybridized carbons (Fsp3) is 0.750. The molecule has 1 rings (SSSR count). The molecule has 0 radical (unpaired) electrons. The molecule has 1 N–H and O–H groups in total. The van der Waals surface area contributed by atoms with Crippen LogP contribution in [0.15, 0.2) is 12.4 Å². The smallest absolute Gasteiger partial charge is 0.147 e. The van der Waals surface area contributed by atoms with E-state index in [0.717, 1.165) is 50.7 Å². The Kier molecular flexibility index (Phi) is 8.23. The van der Waals surface area contributed by atoms with E-state index in [1.807, 2.05) is 12.4 Å². The maximum atomic E-state index is 4.56. The van der Waals surface area contributed by atoms with Gasteiger partial charge in [0.1, 0.15) is 5.82 Å². The lowest BCUT2D eigenvalue weighted by molar-refractivity contribution is 0.400. The summed E-state index contributed by atoms with van der Waals surface area (Å²) in [7, 11) is 4.21. The summed E-state index contributed by atoms with van der Waals surface area (Å²) >= 11 is 0. The zero-order chi connectivity index (χ0) is 15.7. The molecule has 0 saturated heterocycles. The largest absolute Gasteiger partial charge is 0.356 e. The van der Waals surface area contributed by atoms with Crippen LogP contribution in [0.2, 0.25) is 0 Å². The first kappa shape index (κ1) is 17.9. The molecule has 0 fully saturated rings. The fourth-order valence-electron chi connectivity index (χ4n) is 2.10. The molecule has 1 aromatic rings. The van der Waals surface area contributed by atoms with Crippen LogP contribution in [0.5, 0.6) is 0 Å². The Hall–Kier alpha value is -1.20. The van der Waals surface area contributed by atoms with E-state index in [-0.39, 0.29) is 0 Å². The van der Waals surface area contributed by atoms with Crippen molar-refractivity contribution in [3.8, 4) is 0 Å². The van der Waals surface area contributed by atoms with Gasteiger partial charge in [-0.1, -0.05) is 13.8 Å². The molecular weight excluding hydrogens is 262 g/mol. The Bertz CT molecular complexity index is 375. The molecule has 21 heavy (non-hydrogen) atoms. The van der Waals surface area contributed by atoms with Crippen molar-refractivity contribution < 1.29 is 0 Å². The SMILES string of the molecule is CCN(CCCN(C)C)c1cnc(CNCC(C)C)cn1. The molecule has 1 aromatic heterocycles. The Morgan fingerprint density at radius 3 is 2.43 bits per heavy atom. The van der Waals surface area contributed by atoms with Gasteiger partial charge >= 0.3 is 0 Å². The molecule has 0 atom stereocenters. The van der Waals surface area contributed by atoms with Crippen molar-refractivity contribution in [2.24, 2.45) is 5.92 Å². The summed E-state index contributed by atoms with van der Waals surface area (Å²) in [4.78, 5) is 13.6. The first-order valence-electron chi connectivity index (χ1n) is 7.94. The fourth-order valence-corrected chi connectivity index (χ4v) is 2.10. The van der Waals surface area contributed by atoms with E-state index in [9.17, 15) is 0 Å². The molecule has 0 spiro atoms. The van der Waals surface area contributed by atoms with E-state index >= 15 is 0 Å². The molecule has 0 amide bonds. The first-order chi connectivity index (χ1) is 10.0. The van der Waals surface area contributed by atoms with E-state index in [0.29, 0.717) is 5.92 Å². The second-order valence-corrected chi connectivity index (χ2v) is 6.13. The van der Waals surface area contributed by atoms with Crippen LogP contribution >= 0.6 is 0 Å². The van der Waals surface area contributed by atoms with E-state index in [4.69, 9.17) is 0 Å². The van der Waals surface area contributed by atoms with Crippen LogP contribution in [-0.2, 0) is 6.54 Å². The minimum atomic E-state index is 0.657. The lowest BCUT2D eigenvalue weighted by Crippen LogP contribution is -2.28. The second kappa shape index (κ2) is 9.68. The van der Waals surface area contributed by atoms with Gasteiger partial charge in [-0.15, -0.1) is 0 Å². The van der Waals surface area contributed by atoms with E-state index in [1.165, 1.54) is 0 Å². The van der Waals surface area contributed by atoms with Crippen molar-refractivity contribution >= 4 is 5.82 Å². The van der Waals surface area contributed by atoms with Gasteiger partial charge in [0.25, 0.3) is 0 Å². The number of nitrogens with one attached hydrogen (secondary N) is 1. The topological polar surface area (TPSA) is 44.3 Å². The molecule has 0 aromatic carbocycles. The average Bonchev–Trinajstić information content (AvgIpc) is 2.44. The van der Waals surface area contributed by atoms with Crippen molar-refractivity contribution in [1.82, 2.24) is 20.2 Å². The average molecular weight is 293 g/mol. The Morgan fingerprint density at radius 1 is 1.14 bits per heavy atom. The maximum Gasteiger partial charge on any atom is 0.147 e. The quantitative estimate of drug-likeness (QED) is 0.715. The number of rotatable bonds is 10. The predicted octanol–water partition coefficient (Wildman–Crippen LogP) is 2.00. The third-order valence-corrected chi connectivity index (χ3v) is 3.29. The Labute approximate surface area is 129 Å². The first-order valence-corrected chi connectivity index (χ1v) is 7.94. The Balaban J connectivity index is 2.46. The summed E-state index contributed by atoms with van der Waals surface area (Å²) in [6.45, 7) is 11.5. The number of nitrogens with zero attached hydrogens (tertiary/aromatic N) is 4. The molecule has 120 valence electrons. The molecule has 1 heterocycles. The van der Waals surface area contributed by atoms with Crippen LogP contribution < -0.4 is 10.2 Å². The molecule has 0 saturated carbocycles. The highest BCUT2D eigenvalue weighted by atomic mass is 15.2. The van der Waals surface area contributed by atoms with Crippen LogP contribution in [0.1, 0.15) is 32.9 Å². The summed E-state index contributed by atoms with van der Waals surface area (Å²) in [5.74, 6) is 1.63. The minimum absolute atomic E-state index is 0.657. The third kappa shape index (κ3) is 7.39. The molecule has 0 aliphatic heterocycles. The monoisotopic (exact) mass is 293 g/mol. The van der Waals surface area contributed by atoms with Crippen molar-refractivity contribution in [2.75, 3.05) is 45.2 Å². The van der Waals surface area contributed by atoms with Gasteiger partial charge in [-0.25, -0.2) is 4.98 Å². The van der Waals surface area contributed by atoms with E-state index < -0.39 is 0 Å². The van der Waals surface area contributed by atoms with Gasteiger partial charge in [-0.05, 0) is 46.4 Å². The molecule has 0 bridgehead atoms. The summed E-state index contributed by atoms with van der Waals surface area (Å²) in [5, 5.41) is 3.39. The molecule has 0 aliphatic rings. The van der Waals surface area contributed by atoms with Gasteiger partial charge in [0.2, 0.25) is 0 Å². The molecule has 0 aliphatic carbocycles. The van der Waals surface area contributed by atoms with Crippen LogP contribution in [0.4, 0.5) is 5.82 Å². The third-order valence-electron chi connectivity index (χ3n) is 3.29. The Morgan fingerprint density at radius 2 is 1.90 bits per heavy atom. The second-order valence-electron chi connectivity index (χ2n) is 6.13. The van der Waals surface area contributed by atoms with Crippen LogP contribution in [-0.4, -0.2) is 55.1 Å². The van der Waals surface area contributed by atoms with Crippen LogP contribution in [0.25, 0.3) is 0 Å². The summed E-state index contributed by atoms with van der Waals surface area (Å²) in [5.41, 5.74) is 1.00. The molecule has 5 heteroatoms. The normalized spacial score (nSPS) is 11.4. The molecule has 5 nitrogen and oxygen atoms in total. The highest BCUT2D eigenvalue weighted by Crippen LogP contribution is 2.09. The predicted molar refractivity (Wildman–Crippen MR) is 89.6 cm³/mol. The number of hydrogen-bond acceptors (Lipinski definition) is 5. The van der Waals surface area contributed by atoms with Gasteiger partial charge in [0.05, 0.1) is 18.1 Å². The van der Waals surface area contributed by atoms with E-state index in [2.05, 4.69) is 60.0 Å². The van der Waals surface area contributed by atoms with Gasteiger partial charge in [-0.2, -0.15) is 0 Å².